The molecule has 0 atom stereocenters. The summed E-state index contributed by atoms with van der Waals surface area (Å²) in [6.07, 6.45) is 3.61. The number of rotatable bonds is 8. The van der Waals surface area contributed by atoms with Gasteiger partial charge in [0.25, 0.3) is 0 Å². The molecule has 0 heterocycles. The molecule has 0 saturated heterocycles. The van der Waals surface area contributed by atoms with E-state index < -0.39 is 5.97 Å². The minimum Gasteiger partial charge on any atom is -0.465 e. The Morgan fingerprint density at radius 3 is 2.42 bits per heavy atom. The number of hydrogen-bond acceptors (Lipinski definition) is 5. The van der Waals surface area contributed by atoms with Gasteiger partial charge < -0.3 is 20.1 Å². The Balaban J connectivity index is 1.52. The third-order valence-electron chi connectivity index (χ3n) is 5.72. The van der Waals surface area contributed by atoms with Crippen molar-refractivity contribution in [2.24, 2.45) is 11.8 Å². The van der Waals surface area contributed by atoms with Crippen molar-refractivity contribution in [1.29, 1.82) is 0 Å². The van der Waals surface area contributed by atoms with E-state index in [2.05, 4.69) is 38.7 Å². The van der Waals surface area contributed by atoms with Crippen LogP contribution in [0, 0.1) is 11.8 Å². The van der Waals surface area contributed by atoms with Gasteiger partial charge in [-0.15, -0.1) is 0 Å². The van der Waals surface area contributed by atoms with Crippen LogP contribution in [-0.2, 0) is 20.9 Å². The summed E-state index contributed by atoms with van der Waals surface area (Å²) in [7, 11) is 3.11. The molecule has 0 aromatic heterocycles. The van der Waals surface area contributed by atoms with Crippen molar-refractivity contribution in [2.75, 3.05) is 31.4 Å². The molecule has 1 aliphatic rings. The van der Waals surface area contributed by atoms with E-state index in [1.54, 1.807) is 19.2 Å². The van der Waals surface area contributed by atoms with Gasteiger partial charge in [0.05, 0.1) is 30.7 Å². The quantitative estimate of drug-likeness (QED) is 0.496. The van der Waals surface area contributed by atoms with Crippen molar-refractivity contribution in [2.45, 2.75) is 32.3 Å². The molecule has 1 aliphatic carbocycles. The van der Waals surface area contributed by atoms with E-state index in [-0.39, 0.29) is 11.8 Å². The van der Waals surface area contributed by atoms with E-state index >= 15 is 0 Å². The van der Waals surface area contributed by atoms with Gasteiger partial charge in [0.2, 0.25) is 5.91 Å². The molecule has 3 rings (SSSR count). The van der Waals surface area contributed by atoms with E-state index in [9.17, 15) is 9.59 Å². The second-order valence-electron chi connectivity index (χ2n) is 7.83. The fraction of sp³-hybridized carbons (Fsp3) is 0.417. The first-order valence-electron chi connectivity index (χ1n) is 10.5. The summed E-state index contributed by atoms with van der Waals surface area (Å²) < 4.78 is 11.3. The van der Waals surface area contributed by atoms with Crippen LogP contribution in [0.15, 0.2) is 46.9 Å². The molecule has 1 saturated carbocycles. The van der Waals surface area contributed by atoms with Crippen LogP contribution in [0.5, 0.6) is 0 Å². The summed E-state index contributed by atoms with van der Waals surface area (Å²) in [6, 6.07) is 13.6. The number of hydrogen-bond donors (Lipinski definition) is 2. The van der Waals surface area contributed by atoms with Crippen molar-refractivity contribution in [3.63, 3.8) is 0 Å². The average molecular weight is 489 g/mol. The first kappa shape index (κ1) is 23.3. The molecule has 2 aromatic carbocycles. The molecule has 2 N–H and O–H groups in total. The number of amides is 1. The molecule has 2 aromatic rings. The van der Waals surface area contributed by atoms with Crippen molar-refractivity contribution in [1.82, 2.24) is 0 Å². The van der Waals surface area contributed by atoms with Gasteiger partial charge in [-0.2, -0.15) is 0 Å². The highest BCUT2D eigenvalue weighted by Gasteiger charge is 2.27. The molecule has 6 nitrogen and oxygen atoms in total. The molecule has 1 amide bonds. The summed E-state index contributed by atoms with van der Waals surface area (Å²) in [5, 5.41) is 6.06. The van der Waals surface area contributed by atoms with Crippen molar-refractivity contribution >= 4 is 39.2 Å². The Morgan fingerprint density at radius 2 is 1.77 bits per heavy atom. The lowest BCUT2D eigenvalue weighted by molar-refractivity contribution is -0.121. The zero-order valence-corrected chi connectivity index (χ0v) is 19.5. The average Bonchev–Trinajstić information content (AvgIpc) is 2.80. The van der Waals surface area contributed by atoms with Gasteiger partial charge in [-0.3, -0.25) is 4.79 Å². The normalized spacial score (nSPS) is 18.3. The molecule has 0 bridgehead atoms. The highest BCUT2D eigenvalue weighted by molar-refractivity contribution is 9.10. The number of esters is 1. The SMILES string of the molecule is CNc1cc(Br)c(C(=O)OC)cc1NC(=O)[C@H]1CC[C@H](COCc2ccccc2)CC1. The van der Waals surface area contributed by atoms with E-state index in [0.717, 1.165) is 38.0 Å². The van der Waals surface area contributed by atoms with Gasteiger partial charge in [-0.25, -0.2) is 4.79 Å². The van der Waals surface area contributed by atoms with Gasteiger partial charge in [0, 0.05) is 24.0 Å². The molecule has 0 aliphatic heterocycles. The molecule has 1 fully saturated rings. The maximum Gasteiger partial charge on any atom is 0.339 e. The highest BCUT2D eigenvalue weighted by atomic mass is 79.9. The van der Waals surface area contributed by atoms with Crippen LogP contribution in [0.4, 0.5) is 11.4 Å². The fourth-order valence-electron chi connectivity index (χ4n) is 3.89. The topological polar surface area (TPSA) is 76.7 Å². The number of ether oxygens (including phenoxy) is 2. The maximum atomic E-state index is 12.9. The number of anilines is 2. The third kappa shape index (κ3) is 6.31. The van der Waals surface area contributed by atoms with Gasteiger partial charge in [-0.1, -0.05) is 30.3 Å². The molecule has 31 heavy (non-hydrogen) atoms. The predicted molar refractivity (Wildman–Crippen MR) is 125 cm³/mol. The summed E-state index contributed by atoms with van der Waals surface area (Å²) >= 11 is 3.38. The standard InChI is InChI=1S/C24H29BrN2O4/c1-26-21-13-20(25)19(24(29)30-2)12-22(21)27-23(28)18-10-8-17(9-11-18)15-31-14-16-6-4-3-5-7-16/h3-7,12-13,17-18,26H,8-11,14-15H2,1-2H3,(H,27,28)/t17-,18-. The number of methoxy groups -OCH3 is 1. The van der Waals surface area contributed by atoms with E-state index in [1.165, 1.54) is 12.7 Å². The van der Waals surface area contributed by atoms with Gasteiger partial charge in [-0.05, 0) is 65.2 Å². The van der Waals surface area contributed by atoms with Crippen LogP contribution in [0.1, 0.15) is 41.6 Å². The lowest BCUT2D eigenvalue weighted by atomic mass is 9.82. The number of nitrogens with one attached hydrogen (secondary N) is 2. The summed E-state index contributed by atoms with van der Waals surface area (Å²) in [5.74, 6) is -0.0288. The third-order valence-corrected chi connectivity index (χ3v) is 6.38. The monoisotopic (exact) mass is 488 g/mol. The summed E-state index contributed by atoms with van der Waals surface area (Å²) in [5.41, 5.74) is 2.85. The predicted octanol–water partition coefficient (Wildman–Crippen LogP) is 5.24. The first-order valence-corrected chi connectivity index (χ1v) is 11.3. The lowest BCUT2D eigenvalue weighted by Crippen LogP contribution is -2.28. The minimum absolute atomic E-state index is 0.0155. The largest absolute Gasteiger partial charge is 0.465 e. The molecule has 0 radical (unpaired) electrons. The molecule has 7 heteroatoms. The van der Waals surface area contributed by atoms with Crippen LogP contribution in [0.2, 0.25) is 0 Å². The smallest absolute Gasteiger partial charge is 0.339 e. The number of carbonyl (C=O) groups is 2. The highest BCUT2D eigenvalue weighted by Crippen LogP contribution is 2.33. The zero-order chi connectivity index (χ0) is 22.2. The van der Waals surface area contributed by atoms with Crippen molar-refractivity contribution in [3.05, 3.63) is 58.1 Å². The molecule has 166 valence electrons. The second kappa shape index (κ2) is 11.3. The van der Waals surface area contributed by atoms with Crippen LogP contribution in [-0.4, -0.2) is 32.6 Å². The van der Waals surface area contributed by atoms with Crippen LogP contribution in [0.3, 0.4) is 0 Å². The van der Waals surface area contributed by atoms with Crippen molar-refractivity contribution < 1.29 is 19.1 Å². The lowest BCUT2D eigenvalue weighted by Gasteiger charge is -2.28. The first-order chi connectivity index (χ1) is 15.0. The fourth-order valence-corrected chi connectivity index (χ4v) is 4.40. The van der Waals surface area contributed by atoms with Crippen LogP contribution >= 0.6 is 15.9 Å². The van der Waals surface area contributed by atoms with E-state index in [1.807, 2.05) is 18.2 Å². The molecular weight excluding hydrogens is 460 g/mol. The van der Waals surface area contributed by atoms with E-state index in [4.69, 9.17) is 9.47 Å². The summed E-state index contributed by atoms with van der Waals surface area (Å²) in [6.45, 7) is 1.35. The van der Waals surface area contributed by atoms with Crippen LogP contribution < -0.4 is 10.6 Å². The Bertz CT molecular complexity index is 896. The Hall–Kier alpha value is -2.38. The number of halogens is 1. The Morgan fingerprint density at radius 1 is 1.06 bits per heavy atom. The van der Waals surface area contributed by atoms with E-state index in [0.29, 0.717) is 28.2 Å². The van der Waals surface area contributed by atoms with Gasteiger partial charge in [0.15, 0.2) is 0 Å². The Kier molecular flexibility index (Phi) is 8.49. The van der Waals surface area contributed by atoms with Crippen molar-refractivity contribution in [3.8, 4) is 0 Å². The number of benzene rings is 2. The molecule has 0 spiro atoms. The maximum absolute atomic E-state index is 12.9. The summed E-state index contributed by atoms with van der Waals surface area (Å²) in [4.78, 5) is 24.9. The zero-order valence-electron chi connectivity index (χ0n) is 17.9. The van der Waals surface area contributed by atoms with Crippen LogP contribution in [0.25, 0.3) is 0 Å². The Labute approximate surface area is 191 Å². The minimum atomic E-state index is -0.457. The second-order valence-corrected chi connectivity index (χ2v) is 8.68. The molecule has 0 unspecified atom stereocenters. The molecular formula is C24H29BrN2O4. The van der Waals surface area contributed by atoms with Gasteiger partial charge >= 0.3 is 5.97 Å². The number of carbonyl (C=O) groups excluding carboxylic acids is 2. The van der Waals surface area contributed by atoms with Gasteiger partial charge in [0.1, 0.15) is 0 Å².